The average molecular weight is 311 g/mol. The Morgan fingerprint density at radius 2 is 1.90 bits per heavy atom. The van der Waals surface area contributed by atoms with Crippen LogP contribution in [0.4, 0.5) is 0 Å². The predicted molar refractivity (Wildman–Crippen MR) is 79.2 cm³/mol. The molecule has 0 unspecified atom stereocenters. The van der Waals surface area contributed by atoms with Gasteiger partial charge in [-0.15, -0.1) is 0 Å². The first-order valence-electron chi connectivity index (χ1n) is 6.16. The number of hydrogen-bond acceptors (Lipinski definition) is 6. The lowest BCUT2D eigenvalue weighted by atomic mass is 10.1. The van der Waals surface area contributed by atoms with Gasteiger partial charge in [0.2, 0.25) is 5.91 Å². The van der Waals surface area contributed by atoms with Crippen LogP contribution in [0.3, 0.4) is 0 Å². The van der Waals surface area contributed by atoms with Gasteiger partial charge in [0.05, 0.1) is 10.6 Å². The molecule has 114 valence electrons. The molecule has 7 N–H and O–H groups in total. The highest BCUT2D eigenvalue weighted by molar-refractivity contribution is 7.71. The van der Waals surface area contributed by atoms with E-state index in [1.54, 1.807) is 6.07 Å². The number of nitrogens with one attached hydrogen (secondary N) is 1. The Hall–Kier alpha value is -2.03. The number of aliphatic carboxylic acids is 1. The van der Waals surface area contributed by atoms with Crippen molar-refractivity contribution < 1.29 is 19.8 Å². The number of hydrogen-bond donors (Lipinski definition) is 5. The van der Waals surface area contributed by atoms with Gasteiger partial charge in [-0.3, -0.25) is 4.79 Å². The third-order valence-electron chi connectivity index (χ3n) is 2.80. The number of carboxylic acids is 1. The van der Waals surface area contributed by atoms with E-state index < -0.39 is 24.0 Å². The topological polar surface area (TPSA) is 139 Å². The average Bonchev–Trinajstić information content (AvgIpc) is 2.60. The SMILES string of the molecule is NC[C@H](N)C(=O)N[C@@H](Cc1ccc(O)c(=S)cc1)C(=O)O. The van der Waals surface area contributed by atoms with Gasteiger partial charge in [-0.1, -0.05) is 24.4 Å². The summed E-state index contributed by atoms with van der Waals surface area (Å²) in [7, 11) is 0. The molecule has 1 amide bonds. The van der Waals surface area contributed by atoms with Crippen LogP contribution in [-0.2, 0) is 16.0 Å². The Kier molecular flexibility index (Phi) is 6.22. The third kappa shape index (κ3) is 5.10. The summed E-state index contributed by atoms with van der Waals surface area (Å²) < 4.78 is 0.252. The predicted octanol–water partition coefficient (Wildman–Crippen LogP) is -0.480. The van der Waals surface area contributed by atoms with Gasteiger partial charge >= 0.3 is 5.97 Å². The summed E-state index contributed by atoms with van der Waals surface area (Å²) in [5, 5.41) is 21.0. The molecule has 0 radical (unpaired) electrons. The molecule has 21 heavy (non-hydrogen) atoms. The fourth-order valence-corrected chi connectivity index (χ4v) is 1.69. The van der Waals surface area contributed by atoms with Crippen LogP contribution in [0, 0.1) is 4.51 Å². The van der Waals surface area contributed by atoms with Crippen LogP contribution in [-0.4, -0.2) is 40.7 Å². The minimum atomic E-state index is -1.19. The van der Waals surface area contributed by atoms with E-state index >= 15 is 0 Å². The van der Waals surface area contributed by atoms with Gasteiger partial charge in [0.1, 0.15) is 11.8 Å². The number of carbonyl (C=O) groups is 2. The van der Waals surface area contributed by atoms with Gasteiger partial charge in [-0.2, -0.15) is 0 Å². The maximum atomic E-state index is 11.6. The zero-order valence-electron chi connectivity index (χ0n) is 11.2. The normalized spacial score (nSPS) is 13.2. The first-order chi connectivity index (χ1) is 9.85. The van der Waals surface area contributed by atoms with Crippen molar-refractivity contribution in [2.45, 2.75) is 18.5 Å². The molecule has 2 atom stereocenters. The number of carboxylic acid groups (broad SMARTS) is 1. The Labute approximate surface area is 126 Å². The van der Waals surface area contributed by atoms with E-state index in [2.05, 4.69) is 5.32 Å². The lowest BCUT2D eigenvalue weighted by Gasteiger charge is -2.16. The highest BCUT2D eigenvalue weighted by Gasteiger charge is 2.22. The number of aromatic hydroxyl groups is 1. The number of nitrogens with two attached hydrogens (primary N) is 2. The highest BCUT2D eigenvalue weighted by Crippen LogP contribution is 2.12. The maximum Gasteiger partial charge on any atom is 0.326 e. The van der Waals surface area contributed by atoms with Gasteiger partial charge in [0.15, 0.2) is 0 Å². The highest BCUT2D eigenvalue weighted by atomic mass is 32.1. The van der Waals surface area contributed by atoms with Gasteiger partial charge in [0, 0.05) is 13.0 Å². The van der Waals surface area contributed by atoms with Crippen LogP contribution in [0.5, 0.6) is 5.75 Å². The molecular weight excluding hydrogens is 294 g/mol. The molecule has 0 aliphatic heterocycles. The molecule has 0 aliphatic carbocycles. The Morgan fingerprint density at radius 3 is 2.48 bits per heavy atom. The van der Waals surface area contributed by atoms with Crippen molar-refractivity contribution in [3.05, 3.63) is 34.3 Å². The van der Waals surface area contributed by atoms with Crippen molar-refractivity contribution in [2.75, 3.05) is 6.54 Å². The lowest BCUT2D eigenvalue weighted by molar-refractivity contribution is -0.141. The summed E-state index contributed by atoms with van der Waals surface area (Å²) >= 11 is 4.90. The second-order valence-corrected chi connectivity index (χ2v) is 4.88. The molecule has 0 saturated heterocycles. The fourth-order valence-electron chi connectivity index (χ4n) is 1.55. The van der Waals surface area contributed by atoms with Crippen LogP contribution in [0.15, 0.2) is 24.3 Å². The van der Waals surface area contributed by atoms with E-state index in [9.17, 15) is 14.7 Å². The fraction of sp³-hybridized carbons (Fsp3) is 0.308. The van der Waals surface area contributed by atoms with E-state index in [0.717, 1.165) is 0 Å². The summed E-state index contributed by atoms with van der Waals surface area (Å²) in [5.41, 5.74) is 11.3. The lowest BCUT2D eigenvalue weighted by Crippen LogP contribution is -2.51. The molecule has 1 rings (SSSR count). The quantitative estimate of drug-likeness (QED) is 0.447. The maximum absolute atomic E-state index is 11.6. The van der Waals surface area contributed by atoms with E-state index in [1.165, 1.54) is 18.2 Å². The third-order valence-corrected chi connectivity index (χ3v) is 3.15. The molecular formula is C13H17N3O4S. The van der Waals surface area contributed by atoms with Crippen molar-refractivity contribution in [1.82, 2.24) is 5.32 Å². The number of rotatable bonds is 6. The van der Waals surface area contributed by atoms with E-state index in [1.807, 2.05) is 0 Å². The molecule has 0 spiro atoms. The van der Waals surface area contributed by atoms with Gasteiger partial charge in [0.25, 0.3) is 0 Å². The van der Waals surface area contributed by atoms with Crippen LogP contribution in [0.25, 0.3) is 0 Å². The van der Waals surface area contributed by atoms with Gasteiger partial charge < -0.3 is 27.0 Å². The second kappa shape index (κ2) is 7.67. The van der Waals surface area contributed by atoms with Crippen molar-refractivity contribution in [2.24, 2.45) is 11.5 Å². The summed E-state index contributed by atoms with van der Waals surface area (Å²) in [4.78, 5) is 22.8. The first-order valence-corrected chi connectivity index (χ1v) is 6.57. The zero-order chi connectivity index (χ0) is 16.0. The van der Waals surface area contributed by atoms with Crippen LogP contribution in [0.2, 0.25) is 0 Å². The van der Waals surface area contributed by atoms with Crippen molar-refractivity contribution in [3.8, 4) is 5.75 Å². The molecule has 0 fully saturated rings. The molecule has 1 aromatic rings. The molecule has 7 nitrogen and oxygen atoms in total. The monoisotopic (exact) mass is 311 g/mol. The molecule has 0 saturated carbocycles. The summed E-state index contributed by atoms with van der Waals surface area (Å²) in [5.74, 6) is -1.89. The van der Waals surface area contributed by atoms with E-state index in [0.29, 0.717) is 5.56 Å². The van der Waals surface area contributed by atoms with E-state index in [4.69, 9.17) is 28.8 Å². The van der Waals surface area contributed by atoms with Crippen molar-refractivity contribution in [1.29, 1.82) is 0 Å². The van der Waals surface area contributed by atoms with Crippen molar-refractivity contribution in [3.63, 3.8) is 0 Å². The minimum Gasteiger partial charge on any atom is -0.506 e. The Bertz CT molecular complexity index is 594. The summed E-state index contributed by atoms with van der Waals surface area (Å²) in [6, 6.07) is 3.90. The Balaban J connectivity index is 2.89. The first kappa shape index (κ1) is 17.0. The largest absolute Gasteiger partial charge is 0.506 e. The number of carbonyl (C=O) groups excluding carboxylic acids is 1. The van der Waals surface area contributed by atoms with Crippen LogP contribution < -0.4 is 16.8 Å². The van der Waals surface area contributed by atoms with Gasteiger partial charge in [-0.25, -0.2) is 4.79 Å². The smallest absolute Gasteiger partial charge is 0.326 e. The molecule has 8 heteroatoms. The van der Waals surface area contributed by atoms with Gasteiger partial charge in [-0.05, 0) is 17.7 Å². The standard InChI is InChI=1S/C13H17N3O4S/c14-6-8(15)12(18)16-9(13(19)20)5-7-1-3-10(17)11(21)4-2-7/h1-4,8-9H,5-6,14-15H2,(H,16,18)(H,17,21)(H,19,20)/t8-,9-/m0/s1. The van der Waals surface area contributed by atoms with E-state index in [-0.39, 0.29) is 23.2 Å². The molecule has 0 bridgehead atoms. The molecule has 0 aliphatic rings. The Morgan fingerprint density at radius 1 is 1.29 bits per heavy atom. The van der Waals surface area contributed by atoms with Crippen LogP contribution in [0.1, 0.15) is 5.56 Å². The molecule has 1 aromatic carbocycles. The summed E-state index contributed by atoms with van der Waals surface area (Å²) in [6.07, 6.45) is 0.0290. The van der Waals surface area contributed by atoms with Crippen LogP contribution >= 0.6 is 12.2 Å². The molecule has 0 aromatic heterocycles. The summed E-state index contributed by atoms with van der Waals surface area (Å²) in [6.45, 7) is -0.0777. The second-order valence-electron chi connectivity index (χ2n) is 4.44. The molecule has 0 heterocycles. The number of amides is 1. The zero-order valence-corrected chi connectivity index (χ0v) is 12.0. The minimum absolute atomic E-state index is 0.0290. The van der Waals surface area contributed by atoms with Crippen molar-refractivity contribution >= 4 is 24.1 Å².